The molecular formula is C24H32O4. The summed E-state index contributed by atoms with van der Waals surface area (Å²) in [5, 5.41) is 29.1. The van der Waals surface area contributed by atoms with E-state index in [-0.39, 0.29) is 11.5 Å². The van der Waals surface area contributed by atoms with Crippen molar-refractivity contribution < 1.29 is 20.1 Å². The van der Waals surface area contributed by atoms with Gasteiger partial charge in [-0.3, -0.25) is 0 Å². The van der Waals surface area contributed by atoms with E-state index in [4.69, 9.17) is 4.74 Å². The second-order valence-corrected chi connectivity index (χ2v) is 8.20. The van der Waals surface area contributed by atoms with Crippen molar-refractivity contribution in [2.45, 2.75) is 57.7 Å². The Balaban J connectivity index is 2.11. The number of ether oxygens (including phenoxy) is 1. The van der Waals surface area contributed by atoms with Crippen molar-refractivity contribution in [1.29, 1.82) is 0 Å². The average Bonchev–Trinajstić information content (AvgIpc) is 2.62. The fraction of sp³-hybridized carbons (Fsp3) is 0.417. The molecule has 4 heteroatoms. The van der Waals surface area contributed by atoms with Gasteiger partial charge in [-0.2, -0.15) is 0 Å². The van der Waals surface area contributed by atoms with Crippen molar-refractivity contribution in [3.05, 3.63) is 59.2 Å². The molecule has 28 heavy (non-hydrogen) atoms. The van der Waals surface area contributed by atoms with Gasteiger partial charge >= 0.3 is 0 Å². The maximum atomic E-state index is 9.87. The number of aromatic hydroxyl groups is 2. The fourth-order valence-corrected chi connectivity index (χ4v) is 3.26. The lowest BCUT2D eigenvalue weighted by Gasteiger charge is -2.29. The standard InChI is InChI=1S/C24H32O4/c1-23(2,27)12-5-6-13-24(3,28-4)20-9-7-8-18(14-20)10-11-19-15-21(25)17-22(26)16-19/h7-11,14-17,25-27H,5-6,12-13H2,1-4H3/b11-10+. The summed E-state index contributed by atoms with van der Waals surface area (Å²) in [7, 11) is 1.73. The van der Waals surface area contributed by atoms with Crippen LogP contribution in [0.4, 0.5) is 0 Å². The van der Waals surface area contributed by atoms with Crippen LogP contribution in [0.1, 0.15) is 63.1 Å². The van der Waals surface area contributed by atoms with Crippen LogP contribution >= 0.6 is 0 Å². The number of methoxy groups -OCH3 is 1. The Morgan fingerprint density at radius 1 is 0.857 bits per heavy atom. The molecule has 0 aliphatic carbocycles. The lowest BCUT2D eigenvalue weighted by molar-refractivity contribution is -0.00955. The smallest absolute Gasteiger partial charge is 0.119 e. The molecule has 0 fully saturated rings. The third-order valence-electron chi connectivity index (χ3n) is 5.03. The first-order valence-corrected chi connectivity index (χ1v) is 9.70. The van der Waals surface area contributed by atoms with Crippen molar-refractivity contribution in [1.82, 2.24) is 0 Å². The summed E-state index contributed by atoms with van der Waals surface area (Å²) in [5.74, 6) is 0.0674. The highest BCUT2D eigenvalue weighted by molar-refractivity contribution is 5.71. The van der Waals surface area contributed by atoms with E-state index < -0.39 is 11.2 Å². The molecule has 3 N–H and O–H groups in total. The summed E-state index contributed by atoms with van der Waals surface area (Å²) in [6.45, 7) is 5.77. The van der Waals surface area contributed by atoms with E-state index >= 15 is 0 Å². The van der Waals surface area contributed by atoms with Gasteiger partial charge in [0.2, 0.25) is 0 Å². The van der Waals surface area contributed by atoms with Gasteiger partial charge in [0.15, 0.2) is 0 Å². The number of aliphatic hydroxyl groups is 1. The molecule has 0 aliphatic heterocycles. The monoisotopic (exact) mass is 384 g/mol. The lowest BCUT2D eigenvalue weighted by atomic mass is 9.88. The van der Waals surface area contributed by atoms with Crippen molar-refractivity contribution in [2.24, 2.45) is 0 Å². The molecule has 0 aliphatic rings. The maximum Gasteiger partial charge on any atom is 0.119 e. The molecule has 0 saturated carbocycles. The molecule has 0 radical (unpaired) electrons. The van der Waals surface area contributed by atoms with Crippen molar-refractivity contribution in [3.63, 3.8) is 0 Å². The largest absolute Gasteiger partial charge is 0.508 e. The summed E-state index contributed by atoms with van der Waals surface area (Å²) < 4.78 is 5.85. The zero-order valence-electron chi connectivity index (χ0n) is 17.3. The first-order chi connectivity index (χ1) is 13.1. The molecule has 0 saturated heterocycles. The van der Waals surface area contributed by atoms with Crippen LogP contribution in [-0.4, -0.2) is 28.0 Å². The van der Waals surface area contributed by atoms with Gasteiger partial charge in [-0.25, -0.2) is 0 Å². The number of hydrogen-bond acceptors (Lipinski definition) is 4. The Kier molecular flexibility index (Phi) is 7.28. The lowest BCUT2D eigenvalue weighted by Crippen LogP contribution is -2.25. The summed E-state index contributed by atoms with van der Waals surface area (Å²) in [5.41, 5.74) is 1.81. The molecule has 0 amide bonds. The predicted molar refractivity (Wildman–Crippen MR) is 114 cm³/mol. The van der Waals surface area contributed by atoms with Crippen LogP contribution in [0.5, 0.6) is 11.5 Å². The molecule has 2 aromatic rings. The van der Waals surface area contributed by atoms with Crippen LogP contribution in [0.2, 0.25) is 0 Å². The minimum absolute atomic E-state index is 0.0337. The molecule has 0 aromatic heterocycles. The number of phenolic OH excluding ortho intramolecular Hbond substituents is 2. The van der Waals surface area contributed by atoms with Gasteiger partial charge in [-0.15, -0.1) is 0 Å². The van der Waals surface area contributed by atoms with E-state index in [0.29, 0.717) is 0 Å². The average molecular weight is 385 g/mol. The first kappa shape index (κ1) is 22.0. The Bertz CT molecular complexity index is 784. The number of rotatable bonds is 9. The van der Waals surface area contributed by atoms with Gasteiger partial charge < -0.3 is 20.1 Å². The predicted octanol–water partition coefficient (Wildman–Crippen LogP) is 5.46. The Hall–Kier alpha value is -2.30. The molecular weight excluding hydrogens is 352 g/mol. The third kappa shape index (κ3) is 6.70. The SMILES string of the molecule is COC(C)(CCCCC(C)(C)O)c1cccc(/C=C/c2cc(O)cc(O)c2)c1. The van der Waals surface area contributed by atoms with Crippen molar-refractivity contribution >= 4 is 12.2 Å². The second-order valence-electron chi connectivity index (χ2n) is 8.20. The Morgan fingerprint density at radius 3 is 2.07 bits per heavy atom. The van der Waals surface area contributed by atoms with Gasteiger partial charge in [-0.1, -0.05) is 43.2 Å². The highest BCUT2D eigenvalue weighted by Crippen LogP contribution is 2.32. The van der Waals surface area contributed by atoms with Gasteiger partial charge in [0.1, 0.15) is 11.5 Å². The van der Waals surface area contributed by atoms with Gasteiger partial charge in [0.05, 0.1) is 11.2 Å². The van der Waals surface area contributed by atoms with Crippen LogP contribution in [0.25, 0.3) is 12.2 Å². The Labute approximate surface area is 168 Å². The first-order valence-electron chi connectivity index (χ1n) is 9.70. The number of benzene rings is 2. The molecule has 2 rings (SSSR count). The van der Waals surface area contributed by atoms with Crippen LogP contribution < -0.4 is 0 Å². The molecule has 1 atom stereocenters. The molecule has 2 aromatic carbocycles. The highest BCUT2D eigenvalue weighted by Gasteiger charge is 2.26. The maximum absolute atomic E-state index is 9.87. The topological polar surface area (TPSA) is 69.9 Å². The fourth-order valence-electron chi connectivity index (χ4n) is 3.26. The zero-order chi connectivity index (χ0) is 20.8. The number of unbranched alkanes of at least 4 members (excludes halogenated alkanes) is 1. The van der Waals surface area contributed by atoms with E-state index in [1.165, 1.54) is 6.07 Å². The molecule has 0 spiro atoms. The Morgan fingerprint density at radius 2 is 1.46 bits per heavy atom. The van der Waals surface area contributed by atoms with Gasteiger partial charge in [0.25, 0.3) is 0 Å². The summed E-state index contributed by atoms with van der Waals surface area (Å²) in [6, 6.07) is 12.7. The third-order valence-corrected chi connectivity index (χ3v) is 5.03. The quantitative estimate of drug-likeness (QED) is 0.396. The van der Waals surface area contributed by atoms with E-state index in [1.807, 2.05) is 38.1 Å². The van der Waals surface area contributed by atoms with E-state index in [9.17, 15) is 15.3 Å². The second kappa shape index (κ2) is 9.26. The van der Waals surface area contributed by atoms with E-state index in [0.717, 1.165) is 42.4 Å². The molecule has 4 nitrogen and oxygen atoms in total. The van der Waals surface area contributed by atoms with Crippen molar-refractivity contribution in [2.75, 3.05) is 7.11 Å². The summed E-state index contributed by atoms with van der Waals surface area (Å²) >= 11 is 0. The number of phenols is 2. The van der Waals surface area contributed by atoms with Crippen LogP contribution in [0.15, 0.2) is 42.5 Å². The summed E-state index contributed by atoms with van der Waals surface area (Å²) in [4.78, 5) is 0. The normalized spacial score (nSPS) is 14.3. The molecule has 0 heterocycles. The van der Waals surface area contributed by atoms with E-state index in [2.05, 4.69) is 19.1 Å². The van der Waals surface area contributed by atoms with Gasteiger partial charge in [0, 0.05) is 13.2 Å². The zero-order valence-corrected chi connectivity index (χ0v) is 17.3. The van der Waals surface area contributed by atoms with Gasteiger partial charge in [-0.05, 0) is 68.5 Å². The van der Waals surface area contributed by atoms with Crippen molar-refractivity contribution in [3.8, 4) is 11.5 Å². The highest BCUT2D eigenvalue weighted by atomic mass is 16.5. The van der Waals surface area contributed by atoms with Crippen LogP contribution in [0, 0.1) is 0 Å². The van der Waals surface area contributed by atoms with Crippen LogP contribution in [-0.2, 0) is 10.3 Å². The summed E-state index contributed by atoms with van der Waals surface area (Å²) in [6.07, 6.45) is 7.35. The molecule has 1 unspecified atom stereocenters. The van der Waals surface area contributed by atoms with Crippen LogP contribution in [0.3, 0.4) is 0 Å². The molecule has 0 bridgehead atoms. The minimum Gasteiger partial charge on any atom is -0.508 e. The molecule has 152 valence electrons. The number of hydrogen-bond donors (Lipinski definition) is 3. The van der Waals surface area contributed by atoms with E-state index in [1.54, 1.807) is 19.2 Å². The minimum atomic E-state index is -0.630.